The number of rotatable bonds is 4. The lowest BCUT2D eigenvalue weighted by atomic mass is 10.1. The number of carbonyl (C=O) groups is 1. The maximum Gasteiger partial charge on any atom is 0.254 e. The summed E-state index contributed by atoms with van der Waals surface area (Å²) in [5.74, 6) is 0.776. The predicted octanol–water partition coefficient (Wildman–Crippen LogP) is 2.17. The van der Waals surface area contributed by atoms with E-state index in [-0.39, 0.29) is 11.9 Å². The first-order valence-electron chi connectivity index (χ1n) is 5.95. The molecule has 0 aliphatic carbocycles. The van der Waals surface area contributed by atoms with Crippen LogP contribution in [0.4, 0.5) is 5.82 Å². The van der Waals surface area contributed by atoms with Crippen LogP contribution in [0.2, 0.25) is 0 Å². The Morgan fingerprint density at radius 1 is 1.47 bits per heavy atom. The Morgan fingerprint density at radius 3 is 2.59 bits per heavy atom. The molecule has 1 N–H and O–H groups in total. The average Bonchev–Trinajstić information content (AvgIpc) is 2.35. The van der Waals surface area contributed by atoms with Gasteiger partial charge in [0.1, 0.15) is 5.82 Å². The van der Waals surface area contributed by atoms with Crippen molar-refractivity contribution in [3.05, 3.63) is 23.4 Å². The van der Waals surface area contributed by atoms with Crippen LogP contribution in [0.1, 0.15) is 36.8 Å². The fourth-order valence-electron chi connectivity index (χ4n) is 1.46. The van der Waals surface area contributed by atoms with Gasteiger partial charge in [0.15, 0.2) is 0 Å². The lowest BCUT2D eigenvalue weighted by molar-refractivity contribution is 0.0755. The van der Waals surface area contributed by atoms with Crippen LogP contribution in [0.5, 0.6) is 0 Å². The van der Waals surface area contributed by atoms with Gasteiger partial charge < -0.3 is 10.2 Å². The molecular formula is C13H21N3O. The van der Waals surface area contributed by atoms with Crippen LogP contribution in [0.3, 0.4) is 0 Å². The molecule has 0 saturated carbocycles. The van der Waals surface area contributed by atoms with E-state index in [1.807, 2.05) is 40.9 Å². The van der Waals surface area contributed by atoms with E-state index in [9.17, 15) is 4.79 Å². The van der Waals surface area contributed by atoms with Crippen molar-refractivity contribution >= 4 is 11.7 Å². The summed E-state index contributed by atoms with van der Waals surface area (Å²) < 4.78 is 0. The van der Waals surface area contributed by atoms with Gasteiger partial charge in [-0.15, -0.1) is 0 Å². The van der Waals surface area contributed by atoms with Crippen molar-refractivity contribution in [1.29, 1.82) is 0 Å². The molecule has 17 heavy (non-hydrogen) atoms. The van der Waals surface area contributed by atoms with Crippen LogP contribution in [0.15, 0.2) is 12.1 Å². The highest BCUT2D eigenvalue weighted by atomic mass is 16.2. The van der Waals surface area contributed by atoms with Crippen LogP contribution in [-0.2, 0) is 6.42 Å². The standard InChI is InChI=1S/C13H21N3O/c1-6-11-7-10(8-12(14-4)15-11)13(17)16(5)9(2)3/h7-9H,6H2,1-5H3,(H,14,15). The summed E-state index contributed by atoms with van der Waals surface area (Å²) in [7, 11) is 3.63. The van der Waals surface area contributed by atoms with E-state index in [4.69, 9.17) is 0 Å². The Kier molecular flexibility index (Phi) is 4.49. The zero-order valence-electron chi connectivity index (χ0n) is 11.2. The zero-order chi connectivity index (χ0) is 13.0. The minimum Gasteiger partial charge on any atom is -0.373 e. The molecule has 1 aromatic rings. The second kappa shape index (κ2) is 5.66. The van der Waals surface area contributed by atoms with E-state index < -0.39 is 0 Å². The number of anilines is 1. The number of hydrogen-bond acceptors (Lipinski definition) is 3. The second-order valence-corrected chi connectivity index (χ2v) is 4.35. The van der Waals surface area contributed by atoms with E-state index in [1.54, 1.807) is 11.0 Å². The number of hydrogen-bond donors (Lipinski definition) is 1. The van der Waals surface area contributed by atoms with Gasteiger partial charge in [0.25, 0.3) is 5.91 Å². The van der Waals surface area contributed by atoms with Gasteiger partial charge in [-0.05, 0) is 32.4 Å². The third-order valence-corrected chi connectivity index (χ3v) is 2.84. The van der Waals surface area contributed by atoms with E-state index in [0.29, 0.717) is 5.56 Å². The van der Waals surface area contributed by atoms with Crippen molar-refractivity contribution in [2.24, 2.45) is 0 Å². The molecule has 1 heterocycles. The van der Waals surface area contributed by atoms with Crippen LogP contribution >= 0.6 is 0 Å². The molecule has 4 nitrogen and oxygen atoms in total. The molecule has 0 unspecified atom stereocenters. The Labute approximate surface area is 103 Å². The van der Waals surface area contributed by atoms with Gasteiger partial charge in [0.2, 0.25) is 0 Å². The number of aromatic nitrogens is 1. The molecule has 0 bridgehead atoms. The monoisotopic (exact) mass is 235 g/mol. The topological polar surface area (TPSA) is 45.2 Å². The number of amides is 1. The predicted molar refractivity (Wildman–Crippen MR) is 70.4 cm³/mol. The minimum absolute atomic E-state index is 0.0357. The molecule has 0 aromatic carbocycles. The largest absolute Gasteiger partial charge is 0.373 e. The van der Waals surface area contributed by atoms with Crippen molar-refractivity contribution in [2.75, 3.05) is 19.4 Å². The first-order valence-corrected chi connectivity index (χ1v) is 5.95. The van der Waals surface area contributed by atoms with E-state index in [0.717, 1.165) is 17.9 Å². The maximum atomic E-state index is 12.2. The number of nitrogens with one attached hydrogen (secondary N) is 1. The Morgan fingerprint density at radius 2 is 2.12 bits per heavy atom. The average molecular weight is 235 g/mol. The van der Waals surface area contributed by atoms with Crippen molar-refractivity contribution in [3.8, 4) is 0 Å². The Bertz CT molecular complexity index is 379. The lowest BCUT2D eigenvalue weighted by Gasteiger charge is -2.22. The number of nitrogens with zero attached hydrogens (tertiary/aromatic N) is 2. The third-order valence-electron chi connectivity index (χ3n) is 2.84. The summed E-state index contributed by atoms with van der Waals surface area (Å²) in [4.78, 5) is 18.3. The summed E-state index contributed by atoms with van der Waals surface area (Å²) in [5, 5.41) is 2.98. The van der Waals surface area contributed by atoms with Crippen molar-refractivity contribution in [3.63, 3.8) is 0 Å². The third kappa shape index (κ3) is 3.19. The van der Waals surface area contributed by atoms with Crippen LogP contribution in [-0.4, -0.2) is 35.9 Å². The zero-order valence-corrected chi connectivity index (χ0v) is 11.2. The van der Waals surface area contributed by atoms with Gasteiger partial charge in [-0.1, -0.05) is 6.92 Å². The highest BCUT2D eigenvalue weighted by Crippen LogP contribution is 2.13. The van der Waals surface area contributed by atoms with Gasteiger partial charge in [0, 0.05) is 31.4 Å². The molecule has 0 atom stereocenters. The molecule has 0 radical (unpaired) electrons. The number of aryl methyl sites for hydroxylation is 1. The Balaban J connectivity index is 3.08. The van der Waals surface area contributed by atoms with E-state index in [1.165, 1.54) is 0 Å². The van der Waals surface area contributed by atoms with Gasteiger partial charge >= 0.3 is 0 Å². The molecule has 1 aromatic heterocycles. The molecule has 0 fully saturated rings. The summed E-state index contributed by atoms with van der Waals surface area (Å²) in [6, 6.07) is 3.85. The fraction of sp³-hybridized carbons (Fsp3) is 0.538. The highest BCUT2D eigenvalue weighted by molar-refractivity contribution is 5.95. The van der Waals surface area contributed by atoms with E-state index >= 15 is 0 Å². The van der Waals surface area contributed by atoms with Crippen molar-refractivity contribution in [1.82, 2.24) is 9.88 Å². The number of carbonyl (C=O) groups excluding carboxylic acids is 1. The summed E-state index contributed by atoms with van der Waals surface area (Å²) in [6.45, 7) is 6.03. The first-order chi connectivity index (χ1) is 7.99. The van der Waals surface area contributed by atoms with Crippen molar-refractivity contribution < 1.29 is 4.79 Å². The quantitative estimate of drug-likeness (QED) is 0.870. The van der Waals surface area contributed by atoms with Gasteiger partial charge in [-0.25, -0.2) is 4.98 Å². The van der Waals surface area contributed by atoms with Gasteiger partial charge in [0.05, 0.1) is 0 Å². The number of pyridine rings is 1. The molecule has 4 heteroatoms. The summed E-state index contributed by atoms with van der Waals surface area (Å²) in [5.41, 5.74) is 1.62. The Hall–Kier alpha value is -1.58. The molecule has 1 amide bonds. The first kappa shape index (κ1) is 13.5. The summed E-state index contributed by atoms with van der Waals surface area (Å²) >= 11 is 0. The van der Waals surface area contributed by atoms with Crippen LogP contribution < -0.4 is 5.32 Å². The molecule has 0 aliphatic rings. The van der Waals surface area contributed by atoms with Crippen LogP contribution in [0, 0.1) is 0 Å². The SMILES string of the molecule is CCc1cc(C(=O)N(C)C(C)C)cc(NC)n1. The maximum absolute atomic E-state index is 12.2. The minimum atomic E-state index is 0.0357. The molecule has 0 aliphatic heterocycles. The summed E-state index contributed by atoms with van der Waals surface area (Å²) in [6.07, 6.45) is 0.821. The van der Waals surface area contributed by atoms with Crippen LogP contribution in [0.25, 0.3) is 0 Å². The van der Waals surface area contributed by atoms with E-state index in [2.05, 4.69) is 10.3 Å². The molecule has 94 valence electrons. The van der Waals surface area contributed by atoms with Gasteiger partial charge in [-0.2, -0.15) is 0 Å². The highest BCUT2D eigenvalue weighted by Gasteiger charge is 2.15. The molecule has 1 rings (SSSR count). The second-order valence-electron chi connectivity index (χ2n) is 4.35. The molecule has 0 spiro atoms. The van der Waals surface area contributed by atoms with Crippen molar-refractivity contribution in [2.45, 2.75) is 33.2 Å². The molecule has 0 saturated heterocycles. The lowest BCUT2D eigenvalue weighted by Crippen LogP contribution is -2.33. The smallest absolute Gasteiger partial charge is 0.254 e. The fourth-order valence-corrected chi connectivity index (χ4v) is 1.46. The normalized spacial score (nSPS) is 10.5. The molecular weight excluding hydrogens is 214 g/mol. The van der Waals surface area contributed by atoms with Gasteiger partial charge in [-0.3, -0.25) is 4.79 Å².